The Hall–Kier alpha value is -3.09. The van der Waals surface area contributed by atoms with Crippen molar-refractivity contribution in [3.8, 4) is 0 Å². The van der Waals surface area contributed by atoms with Crippen LogP contribution in [0.25, 0.3) is 0 Å². The van der Waals surface area contributed by atoms with Gasteiger partial charge in [0.25, 0.3) is 5.91 Å². The number of ether oxygens (including phenoxy) is 1. The van der Waals surface area contributed by atoms with Crippen molar-refractivity contribution in [2.24, 2.45) is 7.05 Å². The topological polar surface area (TPSA) is 80.6 Å². The fourth-order valence-corrected chi connectivity index (χ4v) is 2.21. The van der Waals surface area contributed by atoms with Crippen LogP contribution in [0.4, 0.5) is 11.4 Å². The molecule has 2 aromatic rings. The third-order valence-electron chi connectivity index (χ3n) is 3.62. The van der Waals surface area contributed by atoms with Gasteiger partial charge in [0.2, 0.25) is 0 Å². The molecule has 7 heteroatoms. The van der Waals surface area contributed by atoms with Gasteiger partial charge < -0.3 is 19.5 Å². The molecular formula is C18H21N3O4. The van der Waals surface area contributed by atoms with Crippen LogP contribution in [0.2, 0.25) is 0 Å². The third kappa shape index (κ3) is 4.69. The van der Waals surface area contributed by atoms with Crippen LogP contribution in [0.1, 0.15) is 27.8 Å². The number of ketones is 1. The van der Waals surface area contributed by atoms with Gasteiger partial charge in [-0.3, -0.25) is 9.59 Å². The van der Waals surface area contributed by atoms with E-state index in [1.807, 2.05) is 31.1 Å². The number of carbonyl (C=O) groups excluding carboxylic acids is 3. The average Bonchev–Trinajstić information content (AvgIpc) is 2.95. The summed E-state index contributed by atoms with van der Waals surface area (Å²) in [6, 6.07) is 8.73. The van der Waals surface area contributed by atoms with E-state index in [2.05, 4.69) is 5.32 Å². The lowest BCUT2D eigenvalue weighted by molar-refractivity contribution is -0.119. The fourth-order valence-electron chi connectivity index (χ4n) is 2.21. The van der Waals surface area contributed by atoms with Crippen LogP contribution >= 0.6 is 0 Å². The molecule has 0 fully saturated rings. The zero-order valence-corrected chi connectivity index (χ0v) is 14.7. The van der Waals surface area contributed by atoms with Gasteiger partial charge in [0.05, 0.1) is 0 Å². The molecule has 25 heavy (non-hydrogen) atoms. The van der Waals surface area contributed by atoms with Gasteiger partial charge in [-0.1, -0.05) is 0 Å². The minimum atomic E-state index is -0.659. The van der Waals surface area contributed by atoms with Crippen LogP contribution < -0.4 is 10.2 Å². The molecule has 0 aliphatic heterocycles. The summed E-state index contributed by atoms with van der Waals surface area (Å²) in [4.78, 5) is 37.2. The molecule has 0 atom stereocenters. The minimum absolute atomic E-state index is 0.145. The van der Waals surface area contributed by atoms with Crippen molar-refractivity contribution < 1.29 is 19.1 Å². The molecule has 1 N–H and O–H groups in total. The van der Waals surface area contributed by atoms with Crippen LogP contribution in [-0.2, 0) is 16.6 Å². The second kappa shape index (κ2) is 7.65. The summed E-state index contributed by atoms with van der Waals surface area (Å²) in [5, 5.41) is 2.66. The van der Waals surface area contributed by atoms with Gasteiger partial charge in [0.15, 0.2) is 12.4 Å². The Morgan fingerprint density at radius 2 is 1.80 bits per heavy atom. The molecule has 7 nitrogen and oxygen atoms in total. The molecule has 0 saturated heterocycles. The highest BCUT2D eigenvalue weighted by Gasteiger charge is 2.16. The number of Topliss-reactive ketones (excluding diaryl/α,β-unsaturated/α-hetero) is 1. The van der Waals surface area contributed by atoms with Crippen molar-refractivity contribution in [3.63, 3.8) is 0 Å². The highest BCUT2D eigenvalue weighted by atomic mass is 16.5. The molecule has 0 saturated carbocycles. The Morgan fingerprint density at radius 3 is 2.32 bits per heavy atom. The van der Waals surface area contributed by atoms with Crippen LogP contribution in [0.5, 0.6) is 0 Å². The molecule has 0 aliphatic rings. The molecule has 0 spiro atoms. The van der Waals surface area contributed by atoms with Crippen molar-refractivity contribution in [3.05, 3.63) is 47.8 Å². The van der Waals surface area contributed by atoms with Gasteiger partial charge >= 0.3 is 5.97 Å². The predicted molar refractivity (Wildman–Crippen MR) is 95.1 cm³/mol. The Kier molecular flexibility index (Phi) is 5.59. The fraction of sp³-hybridized carbons (Fsp3) is 0.278. The molecule has 0 bridgehead atoms. The number of aryl methyl sites for hydroxylation is 1. The van der Waals surface area contributed by atoms with E-state index in [0.29, 0.717) is 11.3 Å². The number of hydrogen-bond acceptors (Lipinski definition) is 5. The third-order valence-corrected chi connectivity index (χ3v) is 3.62. The first-order chi connectivity index (χ1) is 11.8. The van der Waals surface area contributed by atoms with E-state index in [4.69, 9.17) is 4.74 Å². The molecular weight excluding hydrogens is 322 g/mol. The van der Waals surface area contributed by atoms with Crippen molar-refractivity contribution in [1.82, 2.24) is 4.57 Å². The predicted octanol–water partition coefficient (Wildman–Crippen LogP) is 2.09. The molecule has 1 aromatic heterocycles. The van der Waals surface area contributed by atoms with Crippen molar-refractivity contribution in [2.45, 2.75) is 6.92 Å². The van der Waals surface area contributed by atoms with Crippen molar-refractivity contribution in [2.75, 3.05) is 30.9 Å². The largest absolute Gasteiger partial charge is 0.451 e. The quantitative estimate of drug-likeness (QED) is 0.642. The Labute approximate surface area is 146 Å². The van der Waals surface area contributed by atoms with Gasteiger partial charge in [-0.15, -0.1) is 0 Å². The molecule has 132 valence electrons. The van der Waals surface area contributed by atoms with Gasteiger partial charge in [-0.25, -0.2) is 4.79 Å². The Balaban J connectivity index is 1.91. The van der Waals surface area contributed by atoms with E-state index in [9.17, 15) is 14.4 Å². The van der Waals surface area contributed by atoms with Gasteiger partial charge in [-0.2, -0.15) is 0 Å². The smallest absolute Gasteiger partial charge is 0.355 e. The number of esters is 1. The summed E-state index contributed by atoms with van der Waals surface area (Å²) in [5.41, 5.74) is 2.26. The highest BCUT2D eigenvalue weighted by molar-refractivity contribution is 5.99. The first kappa shape index (κ1) is 18.3. The second-order valence-electron chi connectivity index (χ2n) is 5.85. The summed E-state index contributed by atoms with van der Waals surface area (Å²) in [7, 11) is 5.48. The Bertz CT molecular complexity index is 791. The average molecular weight is 343 g/mol. The molecule has 2 rings (SSSR count). The standard InChI is InChI=1S/C18H21N3O4/c1-12(22)13-9-16(21(4)10-13)18(24)25-11-17(23)19-14-5-7-15(8-6-14)20(2)3/h5-10H,11H2,1-4H3,(H,19,23). The zero-order chi connectivity index (χ0) is 18.6. The monoisotopic (exact) mass is 343 g/mol. The van der Waals surface area contributed by atoms with Gasteiger partial charge in [0.1, 0.15) is 5.69 Å². The SMILES string of the molecule is CC(=O)c1cc(C(=O)OCC(=O)Nc2ccc(N(C)C)cc2)n(C)c1. The number of amides is 1. The van der Waals surface area contributed by atoms with Crippen LogP contribution in [0.3, 0.4) is 0 Å². The summed E-state index contributed by atoms with van der Waals surface area (Å²) in [5.74, 6) is -1.24. The maximum atomic E-state index is 12.0. The van der Waals surface area contributed by atoms with E-state index >= 15 is 0 Å². The maximum Gasteiger partial charge on any atom is 0.355 e. The summed E-state index contributed by atoms with van der Waals surface area (Å²) in [6.07, 6.45) is 1.55. The lowest BCUT2D eigenvalue weighted by atomic mass is 10.2. The minimum Gasteiger partial charge on any atom is -0.451 e. The number of nitrogens with one attached hydrogen (secondary N) is 1. The lowest BCUT2D eigenvalue weighted by Crippen LogP contribution is -2.21. The number of nitrogens with zero attached hydrogens (tertiary/aromatic N) is 2. The molecule has 0 aliphatic carbocycles. The molecule has 1 aromatic carbocycles. The van der Waals surface area contributed by atoms with Crippen LogP contribution in [0.15, 0.2) is 36.5 Å². The van der Waals surface area contributed by atoms with E-state index in [-0.39, 0.29) is 11.5 Å². The molecule has 0 unspecified atom stereocenters. The molecule has 0 radical (unpaired) electrons. The number of aromatic nitrogens is 1. The van der Waals surface area contributed by atoms with E-state index in [0.717, 1.165) is 5.69 Å². The highest BCUT2D eigenvalue weighted by Crippen LogP contribution is 2.15. The first-order valence-corrected chi connectivity index (χ1v) is 7.69. The van der Waals surface area contributed by atoms with Crippen molar-refractivity contribution in [1.29, 1.82) is 0 Å². The summed E-state index contributed by atoms with van der Waals surface area (Å²) in [6.45, 7) is 1.01. The Morgan fingerprint density at radius 1 is 1.16 bits per heavy atom. The molecule has 1 heterocycles. The first-order valence-electron chi connectivity index (χ1n) is 7.69. The van der Waals surface area contributed by atoms with E-state index < -0.39 is 18.5 Å². The van der Waals surface area contributed by atoms with E-state index in [1.54, 1.807) is 25.4 Å². The van der Waals surface area contributed by atoms with E-state index in [1.165, 1.54) is 17.6 Å². The number of rotatable bonds is 6. The number of anilines is 2. The normalized spacial score (nSPS) is 10.2. The van der Waals surface area contributed by atoms with Gasteiger partial charge in [-0.05, 0) is 37.3 Å². The van der Waals surface area contributed by atoms with Crippen LogP contribution in [0, 0.1) is 0 Å². The number of benzene rings is 1. The number of carbonyl (C=O) groups is 3. The lowest BCUT2D eigenvalue weighted by Gasteiger charge is -2.13. The van der Waals surface area contributed by atoms with Crippen molar-refractivity contribution >= 4 is 29.0 Å². The second-order valence-corrected chi connectivity index (χ2v) is 5.85. The number of hydrogen-bond donors (Lipinski definition) is 1. The van der Waals surface area contributed by atoms with Gasteiger partial charge in [0, 0.05) is 44.3 Å². The molecule has 1 amide bonds. The van der Waals surface area contributed by atoms with Crippen LogP contribution in [-0.4, -0.2) is 42.9 Å². The zero-order valence-electron chi connectivity index (χ0n) is 14.7. The summed E-state index contributed by atoms with van der Waals surface area (Å²) < 4.78 is 6.50. The summed E-state index contributed by atoms with van der Waals surface area (Å²) >= 11 is 0. The maximum absolute atomic E-state index is 12.0.